The van der Waals surface area contributed by atoms with Gasteiger partial charge in [-0.2, -0.15) is 0 Å². The molecule has 0 aliphatic heterocycles. The number of benzene rings is 3. The van der Waals surface area contributed by atoms with Crippen molar-refractivity contribution in [2.45, 2.75) is 26.4 Å². The van der Waals surface area contributed by atoms with Crippen molar-refractivity contribution >= 4 is 27.7 Å². The number of pyridine rings is 1. The van der Waals surface area contributed by atoms with E-state index in [1.54, 1.807) is 0 Å². The molecule has 0 unspecified atom stereocenters. The van der Waals surface area contributed by atoms with E-state index in [0.717, 1.165) is 24.1 Å². The summed E-state index contributed by atoms with van der Waals surface area (Å²) in [4.78, 5) is 28.4. The van der Waals surface area contributed by atoms with Crippen molar-refractivity contribution in [2.24, 2.45) is 0 Å². The Morgan fingerprint density at radius 2 is 1.38 bits per heavy atom. The van der Waals surface area contributed by atoms with E-state index in [2.05, 4.69) is 36.2 Å². The predicted octanol–water partition coefficient (Wildman–Crippen LogP) is 4.35. The van der Waals surface area contributed by atoms with Gasteiger partial charge < -0.3 is 9.88 Å². The second-order valence-corrected chi connectivity index (χ2v) is 7.90. The van der Waals surface area contributed by atoms with Crippen molar-refractivity contribution in [3.05, 3.63) is 94.6 Å². The number of carbonyl (C=O) groups excluding carboxylic acids is 1. The van der Waals surface area contributed by atoms with Crippen LogP contribution in [0, 0.1) is 0 Å². The highest BCUT2D eigenvalue weighted by molar-refractivity contribution is 5.94. The summed E-state index contributed by atoms with van der Waals surface area (Å²) < 4.78 is 1.94. The Bertz CT molecular complexity index is 1220. The van der Waals surface area contributed by atoms with Crippen molar-refractivity contribution in [3.8, 4) is 0 Å². The third-order valence-corrected chi connectivity index (χ3v) is 6.11. The maximum atomic E-state index is 13.1. The number of hydrogen-bond donors (Lipinski definition) is 1. The second-order valence-electron chi connectivity index (χ2n) is 7.90. The van der Waals surface area contributed by atoms with Crippen molar-refractivity contribution in [3.63, 3.8) is 0 Å². The number of para-hydroxylation sites is 2. The zero-order valence-electron chi connectivity index (χ0n) is 18.6. The van der Waals surface area contributed by atoms with Gasteiger partial charge in [0.05, 0.1) is 17.1 Å². The fourth-order valence-corrected chi connectivity index (χ4v) is 4.45. The van der Waals surface area contributed by atoms with Gasteiger partial charge >= 0.3 is 0 Å². The zero-order chi connectivity index (χ0) is 22.5. The normalized spacial score (nSPS) is 12.3. The number of amides is 1. The van der Waals surface area contributed by atoms with Gasteiger partial charge in [-0.25, -0.2) is 0 Å². The molecular formula is C27H29N3O2. The fourth-order valence-electron chi connectivity index (χ4n) is 4.45. The number of aromatic nitrogens is 1. The minimum absolute atomic E-state index is 0.00136. The lowest BCUT2D eigenvalue weighted by atomic mass is 10.1. The van der Waals surface area contributed by atoms with Gasteiger partial charge in [0.2, 0.25) is 5.91 Å². The van der Waals surface area contributed by atoms with Crippen LogP contribution in [0.25, 0.3) is 21.8 Å². The van der Waals surface area contributed by atoms with Crippen LogP contribution in [0.15, 0.2) is 83.7 Å². The molecule has 1 aromatic heterocycles. The van der Waals surface area contributed by atoms with Crippen LogP contribution in [0.5, 0.6) is 0 Å². The van der Waals surface area contributed by atoms with Crippen LogP contribution < -0.4 is 10.7 Å². The van der Waals surface area contributed by atoms with E-state index < -0.39 is 0 Å². The molecule has 0 aliphatic rings. The van der Waals surface area contributed by atoms with E-state index in [1.807, 2.05) is 71.3 Å². The number of nitrogens with one attached hydrogen (secondary N) is 1. The number of nitrogens with zero attached hydrogens (tertiary/aromatic N) is 2. The predicted molar refractivity (Wildman–Crippen MR) is 131 cm³/mol. The van der Waals surface area contributed by atoms with Gasteiger partial charge in [-0.3, -0.25) is 14.5 Å². The fraction of sp³-hybridized carbons (Fsp3) is 0.259. The number of likely N-dealkylation sites (N-methyl/N-ethyl adjacent to an activating group) is 1. The van der Waals surface area contributed by atoms with E-state index in [4.69, 9.17) is 0 Å². The van der Waals surface area contributed by atoms with Gasteiger partial charge in [0.15, 0.2) is 5.43 Å². The van der Waals surface area contributed by atoms with Gasteiger partial charge in [0.25, 0.3) is 0 Å². The largest absolute Gasteiger partial charge is 0.353 e. The topological polar surface area (TPSA) is 54.3 Å². The lowest BCUT2D eigenvalue weighted by Crippen LogP contribution is -2.39. The van der Waals surface area contributed by atoms with Gasteiger partial charge in [-0.15, -0.1) is 0 Å². The third-order valence-electron chi connectivity index (χ3n) is 6.11. The Morgan fingerprint density at radius 3 is 1.94 bits per heavy atom. The van der Waals surface area contributed by atoms with Crippen LogP contribution in [-0.2, 0) is 11.3 Å². The lowest BCUT2D eigenvalue weighted by molar-refractivity contribution is -0.121. The number of rotatable bonds is 8. The average Bonchev–Trinajstić information content (AvgIpc) is 2.85. The van der Waals surface area contributed by atoms with Crippen molar-refractivity contribution < 1.29 is 4.79 Å². The summed E-state index contributed by atoms with van der Waals surface area (Å²) in [7, 11) is 0. The molecule has 32 heavy (non-hydrogen) atoms. The molecule has 5 nitrogen and oxygen atoms in total. The molecule has 0 fully saturated rings. The van der Waals surface area contributed by atoms with E-state index in [-0.39, 0.29) is 23.9 Å². The molecule has 4 aromatic rings. The second kappa shape index (κ2) is 9.79. The smallest absolute Gasteiger partial charge is 0.240 e. The maximum Gasteiger partial charge on any atom is 0.240 e. The van der Waals surface area contributed by atoms with Crippen molar-refractivity contribution in [1.82, 2.24) is 14.8 Å². The molecule has 5 heteroatoms. The summed E-state index contributed by atoms with van der Waals surface area (Å²) in [5, 5.41) is 4.40. The molecule has 1 N–H and O–H groups in total. The van der Waals surface area contributed by atoms with Gasteiger partial charge in [0.1, 0.15) is 6.54 Å². The molecule has 0 saturated carbocycles. The Balaban J connectivity index is 1.62. The first-order valence-corrected chi connectivity index (χ1v) is 11.2. The quantitative estimate of drug-likeness (QED) is 0.425. The van der Waals surface area contributed by atoms with Gasteiger partial charge in [-0.05, 0) is 42.9 Å². The van der Waals surface area contributed by atoms with E-state index >= 15 is 0 Å². The number of fused-ring (bicyclic) bond motifs is 2. The van der Waals surface area contributed by atoms with Crippen LogP contribution in [0.2, 0.25) is 0 Å². The Kier molecular flexibility index (Phi) is 6.66. The summed E-state index contributed by atoms with van der Waals surface area (Å²) in [6.45, 7) is 6.77. The summed E-state index contributed by atoms with van der Waals surface area (Å²) in [5.41, 5.74) is 2.73. The standard InChI is InChI=1S/C27H29N3O2/c1-3-29(4-2)25(20-12-6-5-7-13-20)18-28-26(31)19-30-23-16-10-8-14-21(23)27(32)22-15-9-11-17-24(22)30/h5-17,25H,3-4,18-19H2,1-2H3,(H,28,31)/t25-/m1/s1. The first-order valence-electron chi connectivity index (χ1n) is 11.2. The Hall–Kier alpha value is -3.44. The third kappa shape index (κ3) is 4.30. The minimum Gasteiger partial charge on any atom is -0.353 e. The van der Waals surface area contributed by atoms with Crippen LogP contribution >= 0.6 is 0 Å². The Morgan fingerprint density at radius 1 is 0.844 bits per heavy atom. The van der Waals surface area contributed by atoms with Gasteiger partial charge in [-0.1, -0.05) is 68.4 Å². The summed E-state index contributed by atoms with van der Waals surface area (Å²) in [6, 6.07) is 25.4. The highest BCUT2D eigenvalue weighted by Gasteiger charge is 2.19. The molecule has 1 heterocycles. The van der Waals surface area contributed by atoms with Gasteiger partial charge in [0, 0.05) is 17.3 Å². The molecule has 0 spiro atoms. The van der Waals surface area contributed by atoms with E-state index in [1.165, 1.54) is 5.56 Å². The van der Waals surface area contributed by atoms with E-state index in [9.17, 15) is 9.59 Å². The first-order chi connectivity index (χ1) is 15.6. The average molecular weight is 428 g/mol. The molecule has 0 saturated heterocycles. The van der Waals surface area contributed by atoms with Crippen LogP contribution in [-0.4, -0.2) is 35.0 Å². The highest BCUT2D eigenvalue weighted by Crippen LogP contribution is 2.21. The maximum absolute atomic E-state index is 13.1. The van der Waals surface area contributed by atoms with Crippen LogP contribution in [0.1, 0.15) is 25.5 Å². The SMILES string of the molecule is CCN(CC)[C@H](CNC(=O)Cn1c2ccccc2c(=O)c2ccccc21)c1ccccc1. The first kappa shape index (κ1) is 21.8. The van der Waals surface area contributed by atoms with Crippen molar-refractivity contribution in [2.75, 3.05) is 19.6 Å². The molecule has 1 atom stereocenters. The molecule has 3 aromatic carbocycles. The summed E-state index contributed by atoms with van der Waals surface area (Å²) in [6.07, 6.45) is 0. The number of hydrogen-bond acceptors (Lipinski definition) is 3. The molecule has 4 rings (SSSR count). The Labute approximate surface area is 188 Å². The molecule has 0 radical (unpaired) electrons. The summed E-state index contributed by atoms with van der Waals surface area (Å²) in [5.74, 6) is -0.0722. The molecule has 0 bridgehead atoms. The molecule has 0 aliphatic carbocycles. The van der Waals surface area contributed by atoms with E-state index in [0.29, 0.717) is 17.3 Å². The molecular weight excluding hydrogens is 398 g/mol. The monoisotopic (exact) mass is 427 g/mol. The molecule has 1 amide bonds. The van der Waals surface area contributed by atoms with Crippen LogP contribution in [0.3, 0.4) is 0 Å². The lowest BCUT2D eigenvalue weighted by Gasteiger charge is -2.30. The summed E-state index contributed by atoms with van der Waals surface area (Å²) >= 11 is 0. The molecule has 164 valence electrons. The highest BCUT2D eigenvalue weighted by atomic mass is 16.2. The van der Waals surface area contributed by atoms with Crippen molar-refractivity contribution in [1.29, 1.82) is 0 Å². The van der Waals surface area contributed by atoms with Crippen LogP contribution in [0.4, 0.5) is 0 Å². The zero-order valence-corrected chi connectivity index (χ0v) is 18.6. The number of carbonyl (C=O) groups is 1. The minimum atomic E-state index is -0.0722.